The first kappa shape index (κ1) is 14.5. The molecule has 2 unspecified atom stereocenters. The van der Waals surface area contributed by atoms with Gasteiger partial charge < -0.3 is 14.2 Å². The summed E-state index contributed by atoms with van der Waals surface area (Å²) in [6.07, 6.45) is 1.41. The van der Waals surface area contributed by atoms with Crippen molar-refractivity contribution in [3.8, 4) is 0 Å². The number of hydrogen-bond acceptors (Lipinski definition) is 4. The van der Waals surface area contributed by atoms with Crippen molar-refractivity contribution in [2.24, 2.45) is 5.41 Å². The Morgan fingerprint density at radius 2 is 2.12 bits per heavy atom. The lowest BCUT2D eigenvalue weighted by Gasteiger charge is -2.23. The second kappa shape index (κ2) is 5.36. The van der Waals surface area contributed by atoms with Gasteiger partial charge in [-0.1, -0.05) is 13.8 Å². The van der Waals surface area contributed by atoms with Gasteiger partial charge in [0.25, 0.3) is 0 Å². The second-order valence-corrected chi connectivity index (χ2v) is 5.37. The average Bonchev–Trinajstić information content (AvgIpc) is 2.69. The Balaban J connectivity index is 2.36. The molecule has 0 bridgehead atoms. The van der Waals surface area contributed by atoms with E-state index in [0.717, 1.165) is 12.8 Å². The van der Waals surface area contributed by atoms with Crippen molar-refractivity contribution in [2.75, 3.05) is 13.2 Å². The lowest BCUT2D eigenvalue weighted by molar-refractivity contribution is -0.171. The third kappa shape index (κ3) is 3.68. The van der Waals surface area contributed by atoms with E-state index in [1.165, 1.54) is 0 Å². The van der Waals surface area contributed by atoms with Crippen LogP contribution < -0.4 is 0 Å². The Labute approximate surface area is 104 Å². The highest BCUT2D eigenvalue weighted by Crippen LogP contribution is 2.27. The summed E-state index contributed by atoms with van der Waals surface area (Å²) in [5.41, 5.74) is -0.423. The van der Waals surface area contributed by atoms with Crippen LogP contribution in [0.25, 0.3) is 0 Å². The molecular weight excluding hydrogens is 220 g/mol. The van der Waals surface area contributed by atoms with Gasteiger partial charge in [-0.3, -0.25) is 4.79 Å². The van der Waals surface area contributed by atoms with Gasteiger partial charge in [-0.05, 0) is 33.6 Å². The molecule has 0 radical (unpaired) electrons. The first-order chi connectivity index (χ1) is 7.83. The fraction of sp³-hybridized carbons (Fsp3) is 0.923. The van der Waals surface area contributed by atoms with Gasteiger partial charge in [-0.2, -0.15) is 0 Å². The Morgan fingerprint density at radius 3 is 2.59 bits per heavy atom. The highest BCUT2D eigenvalue weighted by Gasteiger charge is 2.37. The van der Waals surface area contributed by atoms with Crippen LogP contribution in [0.4, 0.5) is 0 Å². The molecule has 17 heavy (non-hydrogen) atoms. The number of carbonyl (C=O) groups excluding carboxylic acids is 1. The summed E-state index contributed by atoms with van der Waals surface area (Å²) in [5, 5.41) is 0. The van der Waals surface area contributed by atoms with Crippen LogP contribution in [0.2, 0.25) is 0 Å². The summed E-state index contributed by atoms with van der Waals surface area (Å²) >= 11 is 0. The summed E-state index contributed by atoms with van der Waals surface area (Å²) in [5.74, 6) is -0.689. The minimum absolute atomic E-state index is 0.142. The van der Waals surface area contributed by atoms with Crippen LogP contribution in [-0.2, 0) is 19.0 Å². The van der Waals surface area contributed by atoms with Crippen molar-refractivity contribution in [1.29, 1.82) is 0 Å². The summed E-state index contributed by atoms with van der Waals surface area (Å²) < 4.78 is 16.5. The molecule has 0 aliphatic carbocycles. The highest BCUT2D eigenvalue weighted by atomic mass is 16.7. The molecule has 1 heterocycles. The Hall–Kier alpha value is -0.610. The van der Waals surface area contributed by atoms with Gasteiger partial charge in [0.1, 0.15) is 12.7 Å². The topological polar surface area (TPSA) is 44.8 Å². The van der Waals surface area contributed by atoms with Crippen molar-refractivity contribution in [3.63, 3.8) is 0 Å². The number of rotatable bonds is 5. The number of ether oxygens (including phenoxy) is 3. The standard InChI is InChI=1S/C13H24O4/c1-6-12(3,4)11(14)15-8-10-9-16-13(5,7-2)17-10/h10H,6-9H2,1-5H3. The Kier molecular flexibility index (Phi) is 4.55. The molecule has 1 aliphatic heterocycles. The molecule has 1 fully saturated rings. The zero-order valence-corrected chi connectivity index (χ0v) is 11.5. The van der Waals surface area contributed by atoms with E-state index in [0.29, 0.717) is 6.61 Å². The Morgan fingerprint density at radius 1 is 1.47 bits per heavy atom. The van der Waals surface area contributed by atoms with Crippen LogP contribution in [0.15, 0.2) is 0 Å². The minimum atomic E-state index is -0.517. The molecule has 0 amide bonds. The molecule has 2 atom stereocenters. The highest BCUT2D eigenvalue weighted by molar-refractivity contribution is 5.75. The fourth-order valence-corrected chi connectivity index (χ4v) is 1.47. The molecule has 1 aliphatic rings. The molecule has 0 saturated carbocycles. The van der Waals surface area contributed by atoms with E-state index < -0.39 is 11.2 Å². The normalized spacial score (nSPS) is 29.4. The van der Waals surface area contributed by atoms with Crippen LogP contribution in [-0.4, -0.2) is 31.1 Å². The summed E-state index contributed by atoms with van der Waals surface area (Å²) in [6.45, 7) is 10.4. The van der Waals surface area contributed by atoms with E-state index in [2.05, 4.69) is 0 Å². The van der Waals surface area contributed by atoms with Crippen molar-refractivity contribution in [2.45, 2.75) is 59.4 Å². The summed E-state index contributed by atoms with van der Waals surface area (Å²) in [7, 11) is 0. The zero-order chi connectivity index (χ0) is 13.1. The van der Waals surface area contributed by atoms with E-state index in [4.69, 9.17) is 14.2 Å². The summed E-state index contributed by atoms with van der Waals surface area (Å²) in [4.78, 5) is 11.8. The quantitative estimate of drug-likeness (QED) is 0.697. The van der Waals surface area contributed by atoms with Crippen LogP contribution >= 0.6 is 0 Å². The minimum Gasteiger partial charge on any atom is -0.462 e. The maximum absolute atomic E-state index is 11.8. The van der Waals surface area contributed by atoms with Gasteiger partial charge in [0.2, 0.25) is 0 Å². The molecular formula is C13H24O4. The van der Waals surface area contributed by atoms with Crippen molar-refractivity contribution in [1.82, 2.24) is 0 Å². The van der Waals surface area contributed by atoms with Gasteiger partial charge in [-0.25, -0.2) is 0 Å². The van der Waals surface area contributed by atoms with E-state index in [1.807, 2.05) is 34.6 Å². The monoisotopic (exact) mass is 244 g/mol. The number of hydrogen-bond donors (Lipinski definition) is 0. The largest absolute Gasteiger partial charge is 0.462 e. The van der Waals surface area contributed by atoms with E-state index >= 15 is 0 Å². The Bertz CT molecular complexity index is 275. The molecule has 4 nitrogen and oxygen atoms in total. The van der Waals surface area contributed by atoms with Gasteiger partial charge in [-0.15, -0.1) is 0 Å². The number of esters is 1. The van der Waals surface area contributed by atoms with E-state index in [9.17, 15) is 4.79 Å². The van der Waals surface area contributed by atoms with Crippen molar-refractivity contribution in [3.05, 3.63) is 0 Å². The predicted molar refractivity (Wildman–Crippen MR) is 64.6 cm³/mol. The van der Waals surface area contributed by atoms with Crippen LogP contribution in [0.5, 0.6) is 0 Å². The van der Waals surface area contributed by atoms with Crippen LogP contribution in [0, 0.1) is 5.41 Å². The number of carbonyl (C=O) groups is 1. The maximum Gasteiger partial charge on any atom is 0.311 e. The molecule has 0 aromatic carbocycles. The van der Waals surface area contributed by atoms with Gasteiger partial charge in [0, 0.05) is 0 Å². The fourth-order valence-electron chi connectivity index (χ4n) is 1.47. The first-order valence-electron chi connectivity index (χ1n) is 6.32. The van der Waals surface area contributed by atoms with Crippen molar-refractivity contribution >= 4 is 5.97 Å². The van der Waals surface area contributed by atoms with Crippen LogP contribution in [0.3, 0.4) is 0 Å². The predicted octanol–water partition coefficient (Wildman–Crippen LogP) is 2.51. The summed E-state index contributed by atoms with van der Waals surface area (Å²) in [6, 6.07) is 0. The van der Waals surface area contributed by atoms with Crippen LogP contribution in [0.1, 0.15) is 47.5 Å². The lowest BCUT2D eigenvalue weighted by Crippen LogP contribution is -2.31. The van der Waals surface area contributed by atoms with Gasteiger partial charge >= 0.3 is 5.97 Å². The molecule has 0 N–H and O–H groups in total. The molecule has 0 aromatic heterocycles. The average molecular weight is 244 g/mol. The molecule has 0 aromatic rings. The third-order valence-corrected chi connectivity index (χ3v) is 3.47. The maximum atomic E-state index is 11.8. The zero-order valence-electron chi connectivity index (χ0n) is 11.5. The van der Waals surface area contributed by atoms with Crippen molar-refractivity contribution < 1.29 is 19.0 Å². The van der Waals surface area contributed by atoms with E-state index in [-0.39, 0.29) is 18.7 Å². The third-order valence-electron chi connectivity index (χ3n) is 3.47. The molecule has 100 valence electrons. The molecule has 1 saturated heterocycles. The smallest absolute Gasteiger partial charge is 0.311 e. The first-order valence-corrected chi connectivity index (χ1v) is 6.32. The SMILES string of the molecule is CCC1(C)OCC(COC(=O)C(C)(C)CC)O1. The molecule has 1 rings (SSSR count). The van der Waals surface area contributed by atoms with Gasteiger partial charge in [0.15, 0.2) is 5.79 Å². The van der Waals surface area contributed by atoms with E-state index in [1.54, 1.807) is 0 Å². The molecule has 0 spiro atoms. The lowest BCUT2D eigenvalue weighted by atomic mass is 9.91. The molecule has 4 heteroatoms. The second-order valence-electron chi connectivity index (χ2n) is 5.37. The van der Waals surface area contributed by atoms with Gasteiger partial charge in [0.05, 0.1) is 12.0 Å².